The minimum Gasteiger partial charge on any atom is -0.465 e. The number of hydrogen-bond acceptors (Lipinski definition) is 8. The number of esters is 2. The van der Waals surface area contributed by atoms with Crippen LogP contribution in [0, 0.1) is 0 Å². The lowest BCUT2D eigenvalue weighted by Crippen LogP contribution is -2.18. The maximum Gasteiger partial charge on any atom is 0.310 e. The lowest BCUT2D eigenvalue weighted by atomic mass is 10.0. The Morgan fingerprint density at radius 3 is 2.11 bits per heavy atom. The van der Waals surface area contributed by atoms with Gasteiger partial charge in [0.15, 0.2) is 11.3 Å². The summed E-state index contributed by atoms with van der Waals surface area (Å²) >= 11 is 0. The lowest BCUT2D eigenvalue weighted by Gasteiger charge is -2.17. The topological polar surface area (TPSA) is 94.2 Å². The standard InChI is InChI=1S/C46H59N3O5/c1-5-7-19-37(20-8-6-2)53-44(50)23-15-13-11-9-10-12-14-18-30-52-45(51)31-34-24-26-35(27-25-34)47-41-33-43-46(39-22-17-16-21-38(39)41)48-40-29-28-36(49(3)4)32-42(40)54-43/h16-17,21-22,24-29,32-33,37H,5-15,18-20,23,30-31H2,1-4H3/b47-41-. The predicted molar refractivity (Wildman–Crippen MR) is 219 cm³/mol. The molecular formula is C46H59N3O5. The number of aromatic nitrogens is 1. The van der Waals surface area contributed by atoms with Gasteiger partial charge in [-0.2, -0.15) is 0 Å². The number of ether oxygens (including phenoxy) is 2. The average molecular weight is 734 g/mol. The molecule has 0 radical (unpaired) electrons. The first-order valence-electron chi connectivity index (χ1n) is 20.3. The first kappa shape index (κ1) is 40.5. The Hall–Kier alpha value is -4.72. The normalized spacial score (nSPS) is 11.9. The number of unbranched alkanes of at least 4 members (excludes halogenated alkanes) is 9. The quantitative estimate of drug-likeness (QED) is 0.0302. The van der Waals surface area contributed by atoms with Gasteiger partial charge in [-0.05, 0) is 55.5 Å². The van der Waals surface area contributed by atoms with E-state index in [0.717, 1.165) is 127 Å². The first-order valence-corrected chi connectivity index (χ1v) is 20.3. The summed E-state index contributed by atoms with van der Waals surface area (Å²) in [5.41, 5.74) is 5.06. The molecule has 0 spiro atoms. The summed E-state index contributed by atoms with van der Waals surface area (Å²) in [5, 5.41) is 2.77. The van der Waals surface area contributed by atoms with Gasteiger partial charge in [0, 0.05) is 49.1 Å². The number of rotatable bonds is 22. The van der Waals surface area contributed by atoms with E-state index < -0.39 is 0 Å². The van der Waals surface area contributed by atoms with Crippen LogP contribution in [0.4, 0.5) is 11.4 Å². The Labute approximate surface area is 321 Å². The Bertz CT molecular complexity index is 1960. The zero-order chi connectivity index (χ0) is 38.1. The van der Waals surface area contributed by atoms with E-state index >= 15 is 0 Å². The summed E-state index contributed by atoms with van der Waals surface area (Å²) in [7, 11) is 4.01. The average Bonchev–Trinajstić information content (AvgIpc) is 3.17. The van der Waals surface area contributed by atoms with Crippen LogP contribution in [0.2, 0.25) is 0 Å². The van der Waals surface area contributed by atoms with Crippen LogP contribution in [0.1, 0.15) is 116 Å². The van der Waals surface area contributed by atoms with Crippen molar-refractivity contribution in [1.29, 1.82) is 0 Å². The maximum atomic E-state index is 12.5. The van der Waals surface area contributed by atoms with Crippen molar-refractivity contribution in [3.05, 3.63) is 83.7 Å². The zero-order valence-electron chi connectivity index (χ0n) is 32.9. The van der Waals surface area contributed by atoms with Gasteiger partial charge in [0.05, 0.1) is 24.1 Å². The second-order valence-electron chi connectivity index (χ2n) is 14.7. The number of fused-ring (bicyclic) bond motifs is 4. The molecule has 288 valence electrons. The molecule has 5 rings (SSSR count). The van der Waals surface area contributed by atoms with E-state index in [1.165, 1.54) is 12.8 Å². The van der Waals surface area contributed by atoms with Crippen molar-refractivity contribution in [2.45, 2.75) is 123 Å². The fraction of sp³-hybridized carbons (Fsp3) is 0.478. The molecule has 8 heteroatoms. The molecule has 0 atom stereocenters. The molecular weight excluding hydrogens is 675 g/mol. The first-order chi connectivity index (χ1) is 26.3. The molecule has 0 saturated heterocycles. The van der Waals surface area contributed by atoms with Crippen molar-refractivity contribution in [2.24, 2.45) is 4.99 Å². The highest BCUT2D eigenvalue weighted by Gasteiger charge is 2.16. The molecule has 0 saturated carbocycles. The van der Waals surface area contributed by atoms with E-state index in [1.54, 1.807) is 0 Å². The summed E-state index contributed by atoms with van der Waals surface area (Å²) in [5.74, 6) is 0.442. The van der Waals surface area contributed by atoms with Gasteiger partial charge in [-0.25, -0.2) is 9.98 Å². The second-order valence-corrected chi connectivity index (χ2v) is 14.7. The molecule has 0 fully saturated rings. The fourth-order valence-corrected chi connectivity index (χ4v) is 6.83. The van der Waals surface area contributed by atoms with Crippen LogP contribution in [-0.2, 0) is 25.5 Å². The van der Waals surface area contributed by atoms with E-state index in [9.17, 15) is 9.59 Å². The highest BCUT2D eigenvalue weighted by Crippen LogP contribution is 2.32. The number of benzene rings is 4. The SMILES string of the molecule is CCCCC(CCCC)OC(=O)CCCCCCCCCCOC(=O)Cc1ccc(/N=c2/cc3oc4cc(N(C)C)ccc4nc-3c3ccccc23)cc1. The molecule has 3 aromatic rings. The van der Waals surface area contributed by atoms with Gasteiger partial charge in [0.1, 0.15) is 17.3 Å². The smallest absolute Gasteiger partial charge is 0.310 e. The van der Waals surface area contributed by atoms with Crippen LogP contribution in [0.5, 0.6) is 0 Å². The summed E-state index contributed by atoms with van der Waals surface area (Å²) in [4.78, 5) is 36.8. The third-order valence-electron chi connectivity index (χ3n) is 10.0. The van der Waals surface area contributed by atoms with Crippen molar-refractivity contribution in [1.82, 2.24) is 4.98 Å². The highest BCUT2D eigenvalue weighted by molar-refractivity contribution is 5.96. The number of nitrogens with zero attached hydrogens (tertiary/aromatic N) is 3. The van der Waals surface area contributed by atoms with E-state index in [4.69, 9.17) is 23.9 Å². The number of carbonyl (C=O) groups excluding carboxylic acids is 2. The molecule has 0 unspecified atom stereocenters. The maximum absolute atomic E-state index is 12.5. The van der Waals surface area contributed by atoms with Gasteiger partial charge in [-0.15, -0.1) is 0 Å². The van der Waals surface area contributed by atoms with Crippen LogP contribution in [0.15, 0.2) is 82.2 Å². The van der Waals surface area contributed by atoms with Crippen LogP contribution >= 0.6 is 0 Å². The molecule has 0 aromatic heterocycles. The van der Waals surface area contributed by atoms with Gasteiger partial charge >= 0.3 is 11.9 Å². The van der Waals surface area contributed by atoms with Crippen molar-refractivity contribution in [3.8, 4) is 11.5 Å². The van der Waals surface area contributed by atoms with Crippen LogP contribution < -0.4 is 10.3 Å². The number of carbonyl (C=O) groups is 2. The fourth-order valence-electron chi connectivity index (χ4n) is 6.83. The van der Waals surface area contributed by atoms with Gasteiger partial charge < -0.3 is 18.8 Å². The van der Waals surface area contributed by atoms with E-state index in [0.29, 0.717) is 18.8 Å². The van der Waals surface area contributed by atoms with Gasteiger partial charge in [0.25, 0.3) is 0 Å². The summed E-state index contributed by atoms with van der Waals surface area (Å²) < 4.78 is 17.7. The molecule has 0 bridgehead atoms. The molecule has 0 amide bonds. The van der Waals surface area contributed by atoms with Gasteiger partial charge in [0.2, 0.25) is 0 Å². The third-order valence-corrected chi connectivity index (χ3v) is 10.0. The summed E-state index contributed by atoms with van der Waals surface area (Å²) in [6.07, 6.45) is 15.9. The van der Waals surface area contributed by atoms with Crippen LogP contribution in [0.3, 0.4) is 0 Å². The molecule has 54 heavy (non-hydrogen) atoms. The molecule has 1 heterocycles. The summed E-state index contributed by atoms with van der Waals surface area (Å²) in [6, 6.07) is 23.9. The van der Waals surface area contributed by atoms with E-state index in [1.807, 2.05) is 79.7 Å². The second kappa shape index (κ2) is 21.2. The molecule has 8 nitrogen and oxygen atoms in total. The molecule has 3 aromatic carbocycles. The monoisotopic (exact) mass is 733 g/mol. The largest absolute Gasteiger partial charge is 0.465 e. The third kappa shape index (κ3) is 12.2. The van der Waals surface area contributed by atoms with Crippen molar-refractivity contribution < 1.29 is 23.5 Å². The van der Waals surface area contributed by atoms with Crippen molar-refractivity contribution in [3.63, 3.8) is 0 Å². The Morgan fingerprint density at radius 1 is 0.759 bits per heavy atom. The van der Waals surface area contributed by atoms with E-state index in [-0.39, 0.29) is 24.5 Å². The zero-order valence-corrected chi connectivity index (χ0v) is 32.9. The van der Waals surface area contributed by atoms with Crippen molar-refractivity contribution in [2.75, 3.05) is 25.6 Å². The van der Waals surface area contributed by atoms with Crippen LogP contribution in [-0.4, -0.2) is 43.7 Å². The minimum atomic E-state index is -0.209. The number of hydrogen-bond donors (Lipinski definition) is 0. The highest BCUT2D eigenvalue weighted by atomic mass is 16.5. The Morgan fingerprint density at radius 2 is 1.43 bits per heavy atom. The molecule has 1 aliphatic heterocycles. The van der Waals surface area contributed by atoms with Gasteiger partial charge in [-0.3, -0.25) is 9.59 Å². The summed E-state index contributed by atoms with van der Waals surface area (Å²) in [6.45, 7) is 4.81. The van der Waals surface area contributed by atoms with Gasteiger partial charge in [-0.1, -0.05) is 114 Å². The molecule has 1 aliphatic carbocycles. The molecule has 2 aliphatic rings. The van der Waals surface area contributed by atoms with Crippen LogP contribution in [0.25, 0.3) is 33.3 Å². The predicted octanol–water partition coefficient (Wildman–Crippen LogP) is 11.3. The van der Waals surface area contributed by atoms with Crippen molar-refractivity contribution >= 4 is 45.2 Å². The Kier molecular flexibility index (Phi) is 15.9. The lowest BCUT2D eigenvalue weighted by molar-refractivity contribution is -0.150. The minimum absolute atomic E-state index is 0.0247. The Balaban J connectivity index is 1.02. The van der Waals surface area contributed by atoms with E-state index in [2.05, 4.69) is 26.0 Å². The molecule has 0 N–H and O–H groups in total. The number of anilines is 1.